The Morgan fingerprint density at radius 3 is 2.25 bits per heavy atom. The summed E-state index contributed by atoms with van der Waals surface area (Å²) < 4.78 is 38.4. The maximum atomic E-state index is 12.8. The SMILES string of the molecule is CC(O)(c1cc(Cl)cc(C(N)CC(O)O)c1)C(F)(F)F. The average molecular weight is 314 g/mol. The van der Waals surface area contributed by atoms with Crippen molar-refractivity contribution in [3.05, 3.63) is 34.3 Å². The lowest BCUT2D eigenvalue weighted by Gasteiger charge is -2.28. The van der Waals surface area contributed by atoms with E-state index in [1.807, 2.05) is 0 Å². The quantitative estimate of drug-likeness (QED) is 0.639. The number of aliphatic hydroxyl groups is 3. The highest BCUT2D eigenvalue weighted by molar-refractivity contribution is 6.30. The third-order valence-electron chi connectivity index (χ3n) is 2.93. The Morgan fingerprint density at radius 2 is 1.80 bits per heavy atom. The first-order valence-electron chi connectivity index (χ1n) is 5.67. The number of hydrogen-bond acceptors (Lipinski definition) is 4. The molecule has 4 nitrogen and oxygen atoms in total. The minimum absolute atomic E-state index is 0.0371. The minimum Gasteiger partial charge on any atom is -0.376 e. The zero-order valence-corrected chi connectivity index (χ0v) is 11.3. The summed E-state index contributed by atoms with van der Waals surface area (Å²) in [5, 5.41) is 27.2. The van der Waals surface area contributed by atoms with Crippen LogP contribution in [0.3, 0.4) is 0 Å². The summed E-state index contributed by atoms with van der Waals surface area (Å²) in [5.74, 6) is 0. The summed E-state index contributed by atoms with van der Waals surface area (Å²) in [5.41, 5.74) is 2.27. The fourth-order valence-corrected chi connectivity index (χ4v) is 1.88. The first-order valence-corrected chi connectivity index (χ1v) is 6.04. The average Bonchev–Trinajstić information content (AvgIpc) is 2.25. The standard InChI is InChI=1S/C12H15ClF3NO3/c1-11(20,12(14,15)16)7-2-6(3-8(13)4-7)9(17)5-10(18)19/h2-4,9-10,18-20H,5,17H2,1H3. The number of aliphatic hydroxyl groups excluding tert-OH is 1. The van der Waals surface area contributed by atoms with Crippen LogP contribution in [0.25, 0.3) is 0 Å². The van der Waals surface area contributed by atoms with Crippen molar-refractivity contribution < 1.29 is 28.5 Å². The van der Waals surface area contributed by atoms with Gasteiger partial charge in [0.15, 0.2) is 11.9 Å². The smallest absolute Gasteiger partial charge is 0.376 e. The van der Waals surface area contributed by atoms with Crippen molar-refractivity contribution in [3.63, 3.8) is 0 Å². The zero-order valence-electron chi connectivity index (χ0n) is 10.5. The van der Waals surface area contributed by atoms with Gasteiger partial charge in [-0.25, -0.2) is 0 Å². The molecule has 20 heavy (non-hydrogen) atoms. The lowest BCUT2D eigenvalue weighted by molar-refractivity contribution is -0.258. The second-order valence-electron chi connectivity index (χ2n) is 4.67. The van der Waals surface area contributed by atoms with E-state index >= 15 is 0 Å². The van der Waals surface area contributed by atoms with E-state index in [0.29, 0.717) is 6.92 Å². The minimum atomic E-state index is -4.88. The molecular formula is C12H15ClF3NO3. The number of benzene rings is 1. The van der Waals surface area contributed by atoms with Crippen LogP contribution in [0.15, 0.2) is 18.2 Å². The number of halogens is 4. The van der Waals surface area contributed by atoms with Gasteiger partial charge in [0, 0.05) is 17.5 Å². The summed E-state index contributed by atoms with van der Waals surface area (Å²) >= 11 is 5.73. The van der Waals surface area contributed by atoms with Gasteiger partial charge < -0.3 is 21.1 Å². The van der Waals surface area contributed by atoms with E-state index in [-0.39, 0.29) is 17.0 Å². The Morgan fingerprint density at radius 1 is 1.25 bits per heavy atom. The van der Waals surface area contributed by atoms with Gasteiger partial charge in [-0.05, 0) is 30.2 Å². The maximum absolute atomic E-state index is 12.8. The molecule has 2 atom stereocenters. The predicted octanol–water partition coefficient (Wildman–Crippen LogP) is 1.81. The molecule has 0 aromatic heterocycles. The van der Waals surface area contributed by atoms with Crippen LogP contribution in [0.4, 0.5) is 13.2 Å². The monoisotopic (exact) mass is 313 g/mol. The molecule has 5 N–H and O–H groups in total. The van der Waals surface area contributed by atoms with Crippen molar-refractivity contribution >= 4 is 11.6 Å². The van der Waals surface area contributed by atoms with Crippen LogP contribution in [-0.2, 0) is 5.60 Å². The second-order valence-corrected chi connectivity index (χ2v) is 5.10. The number of alkyl halides is 3. The Balaban J connectivity index is 3.22. The van der Waals surface area contributed by atoms with Crippen molar-refractivity contribution in [1.29, 1.82) is 0 Å². The first kappa shape index (κ1) is 17.2. The normalized spacial score (nSPS) is 17.1. The van der Waals surface area contributed by atoms with Gasteiger partial charge in [0.05, 0.1) is 0 Å². The van der Waals surface area contributed by atoms with Gasteiger partial charge in [-0.3, -0.25) is 0 Å². The van der Waals surface area contributed by atoms with Crippen molar-refractivity contribution in [3.8, 4) is 0 Å². The fraction of sp³-hybridized carbons (Fsp3) is 0.500. The highest BCUT2D eigenvalue weighted by atomic mass is 35.5. The molecule has 0 spiro atoms. The van der Waals surface area contributed by atoms with E-state index in [0.717, 1.165) is 12.1 Å². The van der Waals surface area contributed by atoms with Crippen molar-refractivity contribution in [1.82, 2.24) is 0 Å². The van der Waals surface area contributed by atoms with Gasteiger partial charge in [0.1, 0.15) is 0 Å². The molecule has 1 aromatic rings. The summed E-state index contributed by atoms with van der Waals surface area (Å²) in [6, 6.07) is 2.42. The second kappa shape index (κ2) is 5.87. The van der Waals surface area contributed by atoms with Gasteiger partial charge in [-0.2, -0.15) is 13.2 Å². The molecule has 1 aromatic carbocycles. The number of rotatable bonds is 4. The molecule has 0 saturated carbocycles. The molecule has 0 fully saturated rings. The summed E-state index contributed by atoms with van der Waals surface area (Å²) in [6.45, 7) is 0.606. The fourth-order valence-electron chi connectivity index (χ4n) is 1.63. The lowest BCUT2D eigenvalue weighted by Crippen LogP contribution is -2.39. The van der Waals surface area contributed by atoms with E-state index in [9.17, 15) is 18.3 Å². The van der Waals surface area contributed by atoms with E-state index in [1.54, 1.807) is 0 Å². The Labute approximate surface area is 118 Å². The van der Waals surface area contributed by atoms with Crippen molar-refractivity contribution in [2.24, 2.45) is 5.73 Å². The molecule has 0 heterocycles. The molecule has 1 rings (SSSR count). The van der Waals surface area contributed by atoms with Gasteiger partial charge in [0.25, 0.3) is 0 Å². The zero-order chi connectivity index (χ0) is 15.7. The summed E-state index contributed by atoms with van der Waals surface area (Å²) in [6.07, 6.45) is -6.85. The molecule has 0 bridgehead atoms. The van der Waals surface area contributed by atoms with Gasteiger partial charge >= 0.3 is 6.18 Å². The van der Waals surface area contributed by atoms with Crippen LogP contribution < -0.4 is 5.73 Å². The Kier molecular flexibility index (Phi) is 5.04. The molecule has 0 aliphatic carbocycles. The van der Waals surface area contributed by atoms with Crippen LogP contribution in [-0.4, -0.2) is 27.8 Å². The number of nitrogens with two attached hydrogens (primary N) is 1. The van der Waals surface area contributed by atoms with Crippen molar-refractivity contribution in [2.45, 2.75) is 37.5 Å². The predicted molar refractivity (Wildman–Crippen MR) is 66.8 cm³/mol. The summed E-state index contributed by atoms with van der Waals surface area (Å²) in [4.78, 5) is 0. The Bertz CT molecular complexity index is 478. The topological polar surface area (TPSA) is 86.7 Å². The maximum Gasteiger partial charge on any atom is 0.421 e. The van der Waals surface area contributed by atoms with Gasteiger partial charge in [-0.15, -0.1) is 0 Å². The van der Waals surface area contributed by atoms with E-state index in [1.165, 1.54) is 6.07 Å². The van der Waals surface area contributed by atoms with Crippen LogP contribution in [0.2, 0.25) is 5.02 Å². The molecule has 0 radical (unpaired) electrons. The van der Waals surface area contributed by atoms with E-state index in [4.69, 9.17) is 27.5 Å². The third kappa shape index (κ3) is 3.83. The molecule has 2 unspecified atom stereocenters. The first-order chi connectivity index (χ1) is 8.95. The third-order valence-corrected chi connectivity index (χ3v) is 3.15. The van der Waals surface area contributed by atoms with Crippen LogP contribution in [0, 0.1) is 0 Å². The lowest BCUT2D eigenvalue weighted by atomic mass is 9.91. The molecular weight excluding hydrogens is 299 g/mol. The molecule has 0 aliphatic heterocycles. The molecule has 0 amide bonds. The van der Waals surface area contributed by atoms with Crippen LogP contribution >= 0.6 is 11.6 Å². The Hall–Kier alpha value is -0.860. The molecule has 8 heteroatoms. The molecule has 0 aliphatic rings. The van der Waals surface area contributed by atoms with Crippen LogP contribution in [0.5, 0.6) is 0 Å². The van der Waals surface area contributed by atoms with Gasteiger partial charge in [-0.1, -0.05) is 17.7 Å². The summed E-state index contributed by atoms with van der Waals surface area (Å²) in [7, 11) is 0. The highest BCUT2D eigenvalue weighted by Crippen LogP contribution is 2.40. The molecule has 114 valence electrons. The van der Waals surface area contributed by atoms with Gasteiger partial charge in [0.2, 0.25) is 0 Å². The van der Waals surface area contributed by atoms with Crippen molar-refractivity contribution in [2.75, 3.05) is 0 Å². The largest absolute Gasteiger partial charge is 0.421 e. The van der Waals surface area contributed by atoms with Crippen LogP contribution in [0.1, 0.15) is 30.5 Å². The number of hydrogen-bond donors (Lipinski definition) is 4. The van der Waals surface area contributed by atoms with E-state index < -0.39 is 29.7 Å². The molecule has 0 saturated heterocycles. The highest BCUT2D eigenvalue weighted by Gasteiger charge is 2.51. The van der Waals surface area contributed by atoms with E-state index in [2.05, 4.69) is 0 Å².